The van der Waals surface area contributed by atoms with Crippen LogP contribution < -0.4 is 0 Å². The molecule has 1 fully saturated rings. The zero-order valence-corrected chi connectivity index (χ0v) is 13.2. The number of nitro benzene ring substituents is 1. The van der Waals surface area contributed by atoms with Gasteiger partial charge in [-0.1, -0.05) is 0 Å². The van der Waals surface area contributed by atoms with Crippen LogP contribution >= 0.6 is 0 Å². The summed E-state index contributed by atoms with van der Waals surface area (Å²) in [6.07, 6.45) is -2.07. The Bertz CT molecular complexity index is 744. The molecular formula is C15H16F3N5O2. The SMILES string of the molecule is O=[N+]([O-])c1ccc(-c2ncn(CN3CCC[C@@H](C(F)(F)F)C3)n2)cc1. The Morgan fingerprint density at radius 2 is 2.00 bits per heavy atom. The van der Waals surface area contributed by atoms with Crippen LogP contribution in [-0.2, 0) is 6.67 Å². The molecule has 25 heavy (non-hydrogen) atoms. The van der Waals surface area contributed by atoms with E-state index in [1.807, 2.05) is 0 Å². The van der Waals surface area contributed by atoms with Crippen molar-refractivity contribution in [2.45, 2.75) is 25.7 Å². The summed E-state index contributed by atoms with van der Waals surface area (Å²) in [5.74, 6) is -0.932. The smallest absolute Gasteiger partial charge is 0.284 e. The number of alkyl halides is 3. The van der Waals surface area contributed by atoms with Crippen LogP contribution in [0.25, 0.3) is 11.4 Å². The third-order valence-electron chi connectivity index (χ3n) is 4.19. The van der Waals surface area contributed by atoms with E-state index in [2.05, 4.69) is 10.1 Å². The molecule has 1 aliphatic heterocycles. The standard InChI is InChI=1S/C15H16F3N5O2/c16-15(17,18)12-2-1-7-21(8-12)10-22-9-19-14(20-22)11-3-5-13(6-4-11)23(24)25/h3-6,9,12H,1-2,7-8,10H2/t12-/m1/s1. The molecule has 0 radical (unpaired) electrons. The predicted molar refractivity (Wildman–Crippen MR) is 82.5 cm³/mol. The molecular weight excluding hydrogens is 339 g/mol. The summed E-state index contributed by atoms with van der Waals surface area (Å²) >= 11 is 0. The molecule has 1 atom stereocenters. The van der Waals surface area contributed by atoms with E-state index in [4.69, 9.17) is 0 Å². The summed E-state index contributed by atoms with van der Waals surface area (Å²) in [7, 11) is 0. The van der Waals surface area contributed by atoms with Crippen molar-refractivity contribution in [3.63, 3.8) is 0 Å². The number of aromatic nitrogens is 3. The van der Waals surface area contributed by atoms with Gasteiger partial charge in [0.1, 0.15) is 6.33 Å². The highest BCUT2D eigenvalue weighted by Crippen LogP contribution is 2.33. The highest BCUT2D eigenvalue weighted by molar-refractivity contribution is 5.56. The summed E-state index contributed by atoms with van der Waals surface area (Å²) in [4.78, 5) is 16.0. The lowest BCUT2D eigenvalue weighted by atomic mass is 9.98. The molecule has 7 nitrogen and oxygen atoms in total. The monoisotopic (exact) mass is 355 g/mol. The van der Waals surface area contributed by atoms with Gasteiger partial charge in [0.25, 0.3) is 5.69 Å². The van der Waals surface area contributed by atoms with Crippen LogP contribution in [0, 0.1) is 16.0 Å². The summed E-state index contributed by atoms with van der Waals surface area (Å²) < 4.78 is 40.1. The van der Waals surface area contributed by atoms with Crippen LogP contribution in [0.4, 0.5) is 18.9 Å². The van der Waals surface area contributed by atoms with Crippen LogP contribution in [0.5, 0.6) is 0 Å². The lowest BCUT2D eigenvalue weighted by molar-refractivity contribution is -0.384. The second-order valence-electron chi connectivity index (χ2n) is 6.01. The van der Waals surface area contributed by atoms with Gasteiger partial charge < -0.3 is 0 Å². The maximum Gasteiger partial charge on any atom is 0.393 e. The Morgan fingerprint density at radius 1 is 1.28 bits per heavy atom. The molecule has 0 unspecified atom stereocenters. The number of hydrogen-bond donors (Lipinski definition) is 0. The number of likely N-dealkylation sites (tertiary alicyclic amines) is 1. The van der Waals surface area contributed by atoms with Gasteiger partial charge in [0.2, 0.25) is 0 Å². The maximum absolute atomic E-state index is 12.9. The molecule has 0 amide bonds. The molecule has 10 heteroatoms. The van der Waals surface area contributed by atoms with Crippen LogP contribution in [0.3, 0.4) is 0 Å². The van der Waals surface area contributed by atoms with E-state index in [0.717, 1.165) is 0 Å². The summed E-state index contributed by atoms with van der Waals surface area (Å²) in [5.41, 5.74) is 0.575. The predicted octanol–water partition coefficient (Wildman–Crippen LogP) is 3.09. The molecule has 0 bridgehead atoms. The first-order valence-corrected chi connectivity index (χ1v) is 7.76. The highest BCUT2D eigenvalue weighted by Gasteiger charge is 2.41. The first-order valence-electron chi connectivity index (χ1n) is 7.76. The number of rotatable bonds is 4. The minimum atomic E-state index is -4.18. The van der Waals surface area contributed by atoms with Crippen molar-refractivity contribution in [1.82, 2.24) is 19.7 Å². The normalized spacial score (nSPS) is 19.1. The molecule has 0 spiro atoms. The van der Waals surface area contributed by atoms with Gasteiger partial charge in [-0.2, -0.15) is 13.2 Å². The van der Waals surface area contributed by atoms with Crippen LogP contribution in [0.1, 0.15) is 12.8 Å². The molecule has 0 N–H and O–H groups in total. The first kappa shape index (κ1) is 17.3. The second-order valence-corrected chi connectivity index (χ2v) is 6.01. The van der Waals surface area contributed by atoms with Crippen LogP contribution in [0.15, 0.2) is 30.6 Å². The minimum Gasteiger partial charge on any atom is -0.284 e. The van der Waals surface area contributed by atoms with E-state index < -0.39 is 17.0 Å². The topological polar surface area (TPSA) is 77.1 Å². The lowest BCUT2D eigenvalue weighted by Crippen LogP contribution is -2.42. The number of halogens is 3. The van der Waals surface area contributed by atoms with Gasteiger partial charge in [-0.15, -0.1) is 5.10 Å². The van der Waals surface area contributed by atoms with Gasteiger partial charge in [0.15, 0.2) is 5.82 Å². The largest absolute Gasteiger partial charge is 0.393 e. The van der Waals surface area contributed by atoms with Crippen molar-refractivity contribution >= 4 is 5.69 Å². The van der Waals surface area contributed by atoms with Gasteiger partial charge in [0, 0.05) is 24.2 Å². The zero-order chi connectivity index (χ0) is 18.0. The van der Waals surface area contributed by atoms with Crippen LogP contribution in [-0.4, -0.2) is 43.9 Å². The highest BCUT2D eigenvalue weighted by atomic mass is 19.4. The van der Waals surface area contributed by atoms with E-state index in [1.165, 1.54) is 23.1 Å². The summed E-state index contributed by atoms with van der Waals surface area (Å²) in [6, 6.07) is 5.79. The molecule has 0 aliphatic carbocycles. The molecule has 1 aliphatic rings. The average molecular weight is 355 g/mol. The second kappa shape index (κ2) is 6.79. The molecule has 134 valence electrons. The minimum absolute atomic E-state index is 0.0327. The Morgan fingerprint density at radius 3 is 2.64 bits per heavy atom. The van der Waals surface area contributed by atoms with E-state index >= 15 is 0 Å². The Kier molecular flexibility index (Phi) is 4.71. The fourth-order valence-corrected chi connectivity index (χ4v) is 2.88. The van der Waals surface area contributed by atoms with Crippen molar-refractivity contribution in [3.05, 3.63) is 40.7 Å². The van der Waals surface area contributed by atoms with Gasteiger partial charge in [-0.3, -0.25) is 15.0 Å². The fourth-order valence-electron chi connectivity index (χ4n) is 2.88. The number of non-ortho nitro benzene ring substituents is 1. The average Bonchev–Trinajstić information content (AvgIpc) is 3.03. The summed E-state index contributed by atoms with van der Waals surface area (Å²) in [5, 5.41) is 14.9. The Labute approximate surface area is 141 Å². The van der Waals surface area contributed by atoms with Gasteiger partial charge >= 0.3 is 6.18 Å². The maximum atomic E-state index is 12.9. The quantitative estimate of drug-likeness (QED) is 0.622. The van der Waals surface area contributed by atoms with Gasteiger partial charge in [-0.25, -0.2) is 9.67 Å². The molecule has 1 aromatic heterocycles. The number of nitro groups is 1. The first-order chi connectivity index (χ1) is 11.8. The van der Waals surface area contributed by atoms with Crippen LogP contribution in [0.2, 0.25) is 0 Å². The van der Waals surface area contributed by atoms with Crippen molar-refractivity contribution in [2.24, 2.45) is 5.92 Å². The van der Waals surface area contributed by atoms with Gasteiger partial charge in [-0.05, 0) is 31.5 Å². The number of hydrogen-bond acceptors (Lipinski definition) is 5. The van der Waals surface area contributed by atoms with E-state index in [9.17, 15) is 23.3 Å². The number of benzene rings is 1. The van der Waals surface area contributed by atoms with Gasteiger partial charge in [0.05, 0.1) is 17.5 Å². The van der Waals surface area contributed by atoms with Crippen molar-refractivity contribution in [2.75, 3.05) is 13.1 Å². The van der Waals surface area contributed by atoms with E-state index in [0.29, 0.717) is 24.4 Å². The number of piperidine rings is 1. The van der Waals surface area contributed by atoms with Crippen molar-refractivity contribution in [1.29, 1.82) is 0 Å². The summed E-state index contributed by atoms with van der Waals surface area (Å²) in [6.45, 7) is 0.766. The third-order valence-corrected chi connectivity index (χ3v) is 4.19. The lowest BCUT2D eigenvalue weighted by Gasteiger charge is -2.33. The Balaban J connectivity index is 1.66. The third kappa shape index (κ3) is 4.13. The molecule has 1 aromatic carbocycles. The van der Waals surface area contributed by atoms with E-state index in [1.54, 1.807) is 17.0 Å². The number of nitrogens with zero attached hydrogens (tertiary/aromatic N) is 5. The molecule has 2 aromatic rings. The Hall–Kier alpha value is -2.49. The molecule has 3 rings (SSSR count). The van der Waals surface area contributed by atoms with Crippen molar-refractivity contribution < 1.29 is 18.1 Å². The van der Waals surface area contributed by atoms with E-state index in [-0.39, 0.29) is 25.3 Å². The zero-order valence-electron chi connectivity index (χ0n) is 13.2. The molecule has 2 heterocycles. The van der Waals surface area contributed by atoms with Crippen molar-refractivity contribution in [3.8, 4) is 11.4 Å². The molecule has 0 saturated carbocycles. The fraction of sp³-hybridized carbons (Fsp3) is 0.467. The molecule has 1 saturated heterocycles.